The van der Waals surface area contributed by atoms with Crippen molar-refractivity contribution in [2.45, 2.75) is 65.2 Å². The van der Waals surface area contributed by atoms with Crippen LogP contribution in [0.2, 0.25) is 0 Å². The molecule has 0 spiro atoms. The van der Waals surface area contributed by atoms with Gasteiger partial charge in [-0.15, -0.1) is 0 Å². The Morgan fingerprint density at radius 3 is 2.11 bits per heavy atom. The zero-order valence-corrected chi connectivity index (χ0v) is 18.1. The highest BCUT2D eigenvalue weighted by molar-refractivity contribution is 5.88. The van der Waals surface area contributed by atoms with Crippen LogP contribution in [0.25, 0.3) is 0 Å². The fourth-order valence-electron chi connectivity index (χ4n) is 4.10. The molecule has 0 N–H and O–H groups in total. The number of fused-ring (bicyclic) bond motifs is 1. The van der Waals surface area contributed by atoms with E-state index >= 15 is 0 Å². The number of rotatable bonds is 4. The number of hydrogen-bond acceptors (Lipinski definition) is 5. The van der Waals surface area contributed by atoms with Crippen LogP contribution in [0.15, 0.2) is 24.5 Å². The quantitative estimate of drug-likeness (QED) is 0.691. The lowest BCUT2D eigenvalue weighted by atomic mass is 9.63. The fourth-order valence-corrected chi connectivity index (χ4v) is 4.10. The van der Waals surface area contributed by atoms with Gasteiger partial charge in [0.25, 0.3) is 0 Å². The van der Waals surface area contributed by atoms with E-state index in [4.69, 9.17) is 4.74 Å². The van der Waals surface area contributed by atoms with Crippen LogP contribution in [0, 0.1) is 6.92 Å². The maximum atomic E-state index is 11.7. The molecule has 1 heterocycles. The van der Waals surface area contributed by atoms with E-state index in [-0.39, 0.29) is 10.8 Å². The average Bonchev–Trinajstić information content (AvgIpc) is 2.67. The zero-order valence-electron chi connectivity index (χ0n) is 18.1. The summed E-state index contributed by atoms with van der Waals surface area (Å²) in [6.45, 7) is 14.3. The Morgan fingerprint density at radius 1 is 1.07 bits per heavy atom. The number of hydrogen-bond donors (Lipinski definition) is 0. The van der Waals surface area contributed by atoms with Gasteiger partial charge in [0.2, 0.25) is 5.95 Å². The Hall–Kier alpha value is -2.43. The molecule has 0 saturated carbocycles. The van der Waals surface area contributed by atoms with Crippen molar-refractivity contribution >= 4 is 17.6 Å². The van der Waals surface area contributed by atoms with Crippen LogP contribution in [0.5, 0.6) is 0 Å². The summed E-state index contributed by atoms with van der Waals surface area (Å²) in [6.07, 6.45) is 5.42. The molecule has 0 amide bonds. The number of nitrogens with zero attached hydrogens (tertiary/aromatic N) is 3. The van der Waals surface area contributed by atoms with Crippen LogP contribution in [0.1, 0.15) is 74.5 Å². The summed E-state index contributed by atoms with van der Waals surface area (Å²) in [5.74, 6) is 0.162. The summed E-state index contributed by atoms with van der Waals surface area (Å²) in [5, 5.41) is 0. The van der Waals surface area contributed by atoms with E-state index in [1.54, 1.807) is 0 Å². The van der Waals surface area contributed by atoms with Crippen LogP contribution < -0.4 is 4.90 Å². The van der Waals surface area contributed by atoms with Crippen molar-refractivity contribution in [3.05, 3.63) is 46.8 Å². The molecule has 1 aliphatic rings. The Morgan fingerprint density at radius 2 is 1.61 bits per heavy atom. The van der Waals surface area contributed by atoms with Gasteiger partial charge in [0.1, 0.15) is 0 Å². The average molecular weight is 382 g/mol. The molecule has 5 heteroatoms. The van der Waals surface area contributed by atoms with Gasteiger partial charge in [0, 0.05) is 24.6 Å². The first-order chi connectivity index (χ1) is 13.1. The highest BCUT2D eigenvalue weighted by Crippen LogP contribution is 2.48. The van der Waals surface area contributed by atoms with Crippen molar-refractivity contribution in [2.24, 2.45) is 0 Å². The molecule has 2 aromatic rings. The standard InChI is InChI=1S/C23H31N3O2/c1-8-26(21-24-13-16(14-25-21)20(27)28-7)19-12-18-17(11-15(19)2)22(3,4)9-10-23(18,5)6/h11-14H,8-10H2,1-7H3. The summed E-state index contributed by atoms with van der Waals surface area (Å²) >= 11 is 0. The van der Waals surface area contributed by atoms with Gasteiger partial charge in [-0.3, -0.25) is 0 Å². The van der Waals surface area contributed by atoms with Gasteiger partial charge >= 0.3 is 5.97 Å². The Balaban J connectivity index is 2.08. The largest absolute Gasteiger partial charge is 0.465 e. The zero-order chi connectivity index (χ0) is 20.7. The lowest BCUT2D eigenvalue weighted by Crippen LogP contribution is -2.34. The third-order valence-corrected chi connectivity index (χ3v) is 6.08. The minimum absolute atomic E-state index is 0.141. The molecule has 0 saturated heterocycles. The van der Waals surface area contributed by atoms with Crippen LogP contribution in [0.4, 0.5) is 11.6 Å². The molecule has 0 atom stereocenters. The summed E-state index contributed by atoms with van der Waals surface area (Å²) in [4.78, 5) is 22.6. The van der Waals surface area contributed by atoms with E-state index in [0.29, 0.717) is 11.5 Å². The minimum Gasteiger partial charge on any atom is -0.465 e. The SMILES string of the molecule is CCN(c1ncc(C(=O)OC)cn1)c1cc2c(cc1C)C(C)(C)CCC2(C)C. The number of aryl methyl sites for hydroxylation is 1. The first-order valence-corrected chi connectivity index (χ1v) is 9.94. The van der Waals surface area contributed by atoms with Crippen molar-refractivity contribution in [1.29, 1.82) is 0 Å². The van der Waals surface area contributed by atoms with Crippen LogP contribution in [0.3, 0.4) is 0 Å². The number of anilines is 2. The molecule has 28 heavy (non-hydrogen) atoms. The third kappa shape index (κ3) is 3.50. The van der Waals surface area contributed by atoms with Crippen molar-refractivity contribution in [3.8, 4) is 0 Å². The summed E-state index contributed by atoms with van der Waals surface area (Å²) < 4.78 is 4.74. The van der Waals surface area contributed by atoms with Gasteiger partial charge in [-0.25, -0.2) is 14.8 Å². The molecule has 0 aliphatic heterocycles. The summed E-state index contributed by atoms with van der Waals surface area (Å²) in [5.41, 5.74) is 5.88. The first-order valence-electron chi connectivity index (χ1n) is 9.94. The van der Waals surface area contributed by atoms with Gasteiger partial charge in [-0.05, 0) is 60.3 Å². The first kappa shape index (κ1) is 20.3. The maximum absolute atomic E-state index is 11.7. The second-order valence-corrected chi connectivity index (χ2v) is 8.96. The number of methoxy groups -OCH3 is 1. The van der Waals surface area contributed by atoms with Crippen molar-refractivity contribution < 1.29 is 9.53 Å². The molecule has 0 radical (unpaired) electrons. The topological polar surface area (TPSA) is 55.3 Å². The molecule has 3 rings (SSSR count). The normalized spacial score (nSPS) is 17.0. The predicted molar refractivity (Wildman–Crippen MR) is 113 cm³/mol. The smallest absolute Gasteiger partial charge is 0.341 e. The van der Waals surface area contributed by atoms with Gasteiger partial charge < -0.3 is 9.64 Å². The van der Waals surface area contributed by atoms with Gasteiger partial charge in [0.15, 0.2) is 0 Å². The van der Waals surface area contributed by atoms with Crippen molar-refractivity contribution in [2.75, 3.05) is 18.6 Å². The number of ether oxygens (including phenoxy) is 1. The molecule has 0 fully saturated rings. The van der Waals surface area contributed by atoms with Gasteiger partial charge in [-0.2, -0.15) is 0 Å². The Kier molecular flexibility index (Phi) is 5.22. The molecule has 5 nitrogen and oxygen atoms in total. The molecule has 1 aromatic carbocycles. The Bertz CT molecular complexity index is 885. The molecule has 0 unspecified atom stereocenters. The number of carbonyl (C=O) groups is 1. The van der Waals surface area contributed by atoms with E-state index in [9.17, 15) is 4.79 Å². The molecule has 0 bridgehead atoms. The van der Waals surface area contributed by atoms with Crippen LogP contribution >= 0.6 is 0 Å². The van der Waals surface area contributed by atoms with Crippen molar-refractivity contribution in [3.63, 3.8) is 0 Å². The fraction of sp³-hybridized carbons (Fsp3) is 0.522. The minimum atomic E-state index is -0.427. The van der Waals surface area contributed by atoms with E-state index in [1.165, 1.54) is 49.0 Å². The lowest BCUT2D eigenvalue weighted by Gasteiger charge is -2.43. The van der Waals surface area contributed by atoms with E-state index < -0.39 is 5.97 Å². The maximum Gasteiger partial charge on any atom is 0.341 e. The van der Waals surface area contributed by atoms with Gasteiger partial charge in [-0.1, -0.05) is 33.8 Å². The molecule has 150 valence electrons. The summed E-state index contributed by atoms with van der Waals surface area (Å²) in [7, 11) is 1.36. The molecular formula is C23H31N3O2. The van der Waals surface area contributed by atoms with Crippen LogP contribution in [-0.4, -0.2) is 29.6 Å². The molecule has 1 aromatic heterocycles. The number of aromatic nitrogens is 2. The van der Waals surface area contributed by atoms with E-state index in [1.807, 2.05) is 0 Å². The second-order valence-electron chi connectivity index (χ2n) is 8.96. The van der Waals surface area contributed by atoms with E-state index in [0.717, 1.165) is 12.2 Å². The lowest BCUT2D eigenvalue weighted by molar-refractivity contribution is 0.0600. The highest BCUT2D eigenvalue weighted by Gasteiger charge is 2.37. The van der Waals surface area contributed by atoms with E-state index in [2.05, 4.69) is 68.5 Å². The molecule has 1 aliphatic carbocycles. The monoisotopic (exact) mass is 381 g/mol. The third-order valence-electron chi connectivity index (χ3n) is 6.08. The molecular weight excluding hydrogens is 350 g/mol. The predicted octanol–water partition coefficient (Wildman–Crippen LogP) is 5.08. The van der Waals surface area contributed by atoms with Crippen LogP contribution in [-0.2, 0) is 15.6 Å². The van der Waals surface area contributed by atoms with Gasteiger partial charge in [0.05, 0.1) is 12.7 Å². The highest BCUT2D eigenvalue weighted by atomic mass is 16.5. The Labute approximate surface area is 168 Å². The van der Waals surface area contributed by atoms with Crippen molar-refractivity contribution in [1.82, 2.24) is 9.97 Å². The number of carbonyl (C=O) groups excluding carboxylic acids is 1. The number of esters is 1. The second kappa shape index (κ2) is 7.19. The number of benzene rings is 1. The summed E-state index contributed by atoms with van der Waals surface area (Å²) in [6, 6.07) is 4.67.